The first kappa shape index (κ1) is 25.8. The van der Waals surface area contributed by atoms with Crippen LogP contribution in [-0.2, 0) is 0 Å². The van der Waals surface area contributed by atoms with E-state index in [1.165, 1.54) is 42.4 Å². The van der Waals surface area contributed by atoms with Crippen molar-refractivity contribution in [1.82, 2.24) is 0 Å². The summed E-state index contributed by atoms with van der Waals surface area (Å²) < 4.78 is 9.20. The van der Waals surface area contributed by atoms with Crippen molar-refractivity contribution in [2.24, 2.45) is 0 Å². The van der Waals surface area contributed by atoms with Gasteiger partial charge in [-0.25, -0.2) is 0 Å². The minimum atomic E-state index is 0.898. The first-order valence-corrected chi connectivity index (χ1v) is 16.0. The molecule has 0 aliphatic heterocycles. The van der Waals surface area contributed by atoms with Gasteiger partial charge in [-0.3, -0.25) is 0 Å². The van der Waals surface area contributed by atoms with Crippen molar-refractivity contribution in [3.8, 4) is 22.3 Å². The van der Waals surface area contributed by atoms with E-state index >= 15 is 0 Å². The van der Waals surface area contributed by atoms with Gasteiger partial charge in [-0.05, 0) is 64.7 Å². The molecule has 212 valence electrons. The number of thiophene rings is 1. The lowest BCUT2D eigenvalue weighted by atomic mass is 10.0. The quantitative estimate of drug-likeness (QED) is 0.197. The highest BCUT2D eigenvalue weighted by Gasteiger charge is 2.23. The highest BCUT2D eigenvalue weighted by Crippen LogP contribution is 2.49. The topological polar surface area (TPSA) is 16.4 Å². The Kier molecular flexibility index (Phi) is 6.03. The number of anilines is 3. The van der Waals surface area contributed by atoms with Crippen LogP contribution < -0.4 is 4.90 Å². The second kappa shape index (κ2) is 10.5. The molecule has 3 heteroatoms. The van der Waals surface area contributed by atoms with Crippen molar-refractivity contribution in [3.63, 3.8) is 0 Å². The monoisotopic (exact) mass is 593 g/mol. The standard InChI is InChI=1S/C42H27NOS/c1-3-11-28(12-4-1)30-19-23-32(24-20-30)43(33-25-21-31(22-26-33)29-13-5-2-6-14-29)36-27-39-41(35-16-8-10-18-38(35)45-39)42-40(36)34-15-7-9-17-37(34)44-42/h1-27H. The van der Waals surface area contributed by atoms with Crippen LogP contribution in [0.2, 0.25) is 0 Å². The maximum absolute atomic E-state index is 6.73. The number of furan rings is 1. The Bertz CT molecular complexity index is 2370. The van der Waals surface area contributed by atoms with Gasteiger partial charge in [0.2, 0.25) is 0 Å². The van der Waals surface area contributed by atoms with Crippen LogP contribution in [0, 0.1) is 0 Å². The van der Waals surface area contributed by atoms with Gasteiger partial charge in [0.05, 0.1) is 11.1 Å². The molecule has 0 bridgehead atoms. The molecule has 2 nitrogen and oxygen atoms in total. The van der Waals surface area contributed by atoms with Gasteiger partial charge in [0.25, 0.3) is 0 Å². The van der Waals surface area contributed by atoms with E-state index < -0.39 is 0 Å². The number of benzene rings is 7. The van der Waals surface area contributed by atoms with E-state index in [-0.39, 0.29) is 0 Å². The van der Waals surface area contributed by atoms with Crippen LogP contribution in [0.1, 0.15) is 0 Å². The molecule has 0 aliphatic rings. The molecule has 0 unspecified atom stereocenters. The highest BCUT2D eigenvalue weighted by atomic mass is 32.1. The van der Waals surface area contributed by atoms with Gasteiger partial charge in [-0.2, -0.15) is 0 Å². The number of hydrogen-bond donors (Lipinski definition) is 0. The van der Waals surface area contributed by atoms with E-state index in [0.717, 1.165) is 39.0 Å². The van der Waals surface area contributed by atoms with Gasteiger partial charge in [-0.1, -0.05) is 121 Å². The van der Waals surface area contributed by atoms with Crippen LogP contribution in [0.5, 0.6) is 0 Å². The summed E-state index contributed by atoms with van der Waals surface area (Å²) >= 11 is 1.82. The van der Waals surface area contributed by atoms with Crippen LogP contribution in [-0.4, -0.2) is 0 Å². The Morgan fingerprint density at radius 1 is 0.422 bits per heavy atom. The van der Waals surface area contributed by atoms with Crippen LogP contribution in [0.3, 0.4) is 0 Å². The molecule has 0 N–H and O–H groups in total. The maximum Gasteiger partial charge on any atom is 0.146 e. The van der Waals surface area contributed by atoms with E-state index in [4.69, 9.17) is 4.42 Å². The van der Waals surface area contributed by atoms with Gasteiger partial charge in [-0.15, -0.1) is 11.3 Å². The van der Waals surface area contributed by atoms with Gasteiger partial charge in [0.15, 0.2) is 0 Å². The normalized spacial score (nSPS) is 11.6. The summed E-state index contributed by atoms with van der Waals surface area (Å²) in [6.45, 7) is 0. The third-order valence-corrected chi connectivity index (χ3v) is 9.79. The van der Waals surface area contributed by atoms with Gasteiger partial charge in [0, 0.05) is 36.9 Å². The molecule has 0 spiro atoms. The third kappa shape index (κ3) is 4.32. The van der Waals surface area contributed by atoms with Crippen molar-refractivity contribution in [3.05, 3.63) is 164 Å². The van der Waals surface area contributed by atoms with Crippen LogP contribution in [0.4, 0.5) is 17.1 Å². The lowest BCUT2D eigenvalue weighted by Crippen LogP contribution is -2.10. The molecule has 0 saturated heterocycles. The Morgan fingerprint density at radius 3 is 1.56 bits per heavy atom. The van der Waals surface area contributed by atoms with Crippen molar-refractivity contribution >= 4 is 70.5 Å². The zero-order valence-corrected chi connectivity index (χ0v) is 25.2. The summed E-state index contributed by atoms with van der Waals surface area (Å²) in [5, 5.41) is 4.66. The molecular weight excluding hydrogens is 567 g/mol. The molecule has 9 aromatic rings. The molecule has 2 aromatic heterocycles. The summed E-state index contributed by atoms with van der Waals surface area (Å²) in [6, 6.07) is 58.3. The first-order valence-electron chi connectivity index (χ1n) is 15.2. The number of fused-ring (bicyclic) bond motifs is 7. The second-order valence-electron chi connectivity index (χ2n) is 11.3. The van der Waals surface area contributed by atoms with Gasteiger partial charge >= 0.3 is 0 Å². The average molecular weight is 594 g/mol. The van der Waals surface area contributed by atoms with Gasteiger partial charge in [0.1, 0.15) is 11.2 Å². The lowest BCUT2D eigenvalue weighted by molar-refractivity contribution is 0.673. The molecule has 0 saturated carbocycles. The number of nitrogens with zero attached hydrogens (tertiary/aromatic N) is 1. The number of hydrogen-bond acceptors (Lipinski definition) is 3. The minimum absolute atomic E-state index is 0.898. The summed E-state index contributed by atoms with van der Waals surface area (Å²) in [5.74, 6) is 0. The molecule has 2 heterocycles. The minimum Gasteiger partial charge on any atom is -0.455 e. The maximum atomic E-state index is 6.73. The summed E-state index contributed by atoms with van der Waals surface area (Å²) in [7, 11) is 0. The summed E-state index contributed by atoms with van der Waals surface area (Å²) in [5.41, 5.74) is 9.92. The molecule has 0 amide bonds. The molecule has 0 radical (unpaired) electrons. The zero-order valence-electron chi connectivity index (χ0n) is 24.4. The van der Waals surface area contributed by atoms with E-state index in [9.17, 15) is 0 Å². The Hall–Kier alpha value is -5.64. The third-order valence-electron chi connectivity index (χ3n) is 8.68. The van der Waals surface area contributed by atoms with E-state index in [1.807, 2.05) is 11.3 Å². The SMILES string of the molecule is c1ccc(-c2ccc(N(c3ccc(-c4ccccc4)cc3)c3cc4sc5ccccc5c4c4oc5ccccc5c34)cc2)cc1. The molecular formula is C42H27NOS. The first-order chi connectivity index (χ1) is 22.3. The largest absolute Gasteiger partial charge is 0.455 e. The van der Waals surface area contributed by atoms with Crippen molar-refractivity contribution in [2.45, 2.75) is 0 Å². The van der Waals surface area contributed by atoms with Gasteiger partial charge < -0.3 is 9.32 Å². The summed E-state index contributed by atoms with van der Waals surface area (Å²) in [6.07, 6.45) is 0. The highest BCUT2D eigenvalue weighted by molar-refractivity contribution is 7.26. The molecule has 0 atom stereocenters. The number of rotatable bonds is 5. The molecule has 45 heavy (non-hydrogen) atoms. The van der Waals surface area contributed by atoms with E-state index in [0.29, 0.717) is 0 Å². The van der Waals surface area contributed by atoms with Crippen molar-refractivity contribution < 1.29 is 4.42 Å². The Morgan fingerprint density at radius 2 is 0.933 bits per heavy atom. The molecule has 7 aromatic carbocycles. The lowest BCUT2D eigenvalue weighted by Gasteiger charge is -2.27. The molecule has 9 rings (SSSR count). The second-order valence-corrected chi connectivity index (χ2v) is 12.4. The Balaban J connectivity index is 1.31. The van der Waals surface area contributed by atoms with E-state index in [2.05, 4.69) is 169 Å². The fourth-order valence-corrected chi connectivity index (χ4v) is 7.68. The summed E-state index contributed by atoms with van der Waals surface area (Å²) in [4.78, 5) is 2.39. The van der Waals surface area contributed by atoms with E-state index in [1.54, 1.807) is 0 Å². The fraction of sp³-hybridized carbons (Fsp3) is 0. The molecule has 0 aliphatic carbocycles. The number of para-hydroxylation sites is 1. The van der Waals surface area contributed by atoms with Crippen molar-refractivity contribution in [1.29, 1.82) is 0 Å². The predicted molar refractivity (Wildman–Crippen MR) is 192 cm³/mol. The fourth-order valence-electron chi connectivity index (χ4n) is 6.54. The van der Waals surface area contributed by atoms with Crippen LogP contribution in [0.15, 0.2) is 168 Å². The predicted octanol–water partition coefficient (Wildman–Crippen LogP) is 12.8. The van der Waals surface area contributed by atoms with Crippen LogP contribution >= 0.6 is 11.3 Å². The smallest absolute Gasteiger partial charge is 0.146 e. The Labute approximate surface area is 265 Å². The average Bonchev–Trinajstić information content (AvgIpc) is 3.68. The molecule has 0 fully saturated rings. The van der Waals surface area contributed by atoms with Crippen molar-refractivity contribution in [2.75, 3.05) is 4.90 Å². The van der Waals surface area contributed by atoms with Crippen LogP contribution in [0.25, 0.3) is 64.4 Å². The zero-order chi connectivity index (χ0) is 29.7.